The molecule has 0 bridgehead atoms. The molecular formula is C12H14Br2N4. The highest BCUT2D eigenvalue weighted by Crippen LogP contribution is 2.29. The molecule has 1 atom stereocenters. The van der Waals surface area contributed by atoms with Crippen LogP contribution in [0.15, 0.2) is 33.5 Å². The zero-order chi connectivity index (χ0) is 13.1. The lowest BCUT2D eigenvalue weighted by molar-refractivity contribution is 0.555. The molecule has 2 aromatic heterocycles. The van der Waals surface area contributed by atoms with E-state index >= 15 is 0 Å². The first-order chi connectivity index (χ1) is 8.65. The van der Waals surface area contributed by atoms with E-state index in [0.717, 1.165) is 33.3 Å². The molecule has 2 N–H and O–H groups in total. The number of hydrogen-bond donors (Lipinski definition) is 1. The molecule has 6 heteroatoms. The van der Waals surface area contributed by atoms with Gasteiger partial charge < -0.3 is 5.73 Å². The summed E-state index contributed by atoms with van der Waals surface area (Å²) < 4.78 is 3.75. The Labute approximate surface area is 123 Å². The zero-order valence-electron chi connectivity index (χ0n) is 9.98. The molecule has 0 aliphatic carbocycles. The van der Waals surface area contributed by atoms with E-state index in [9.17, 15) is 0 Å². The maximum Gasteiger partial charge on any atom is 0.0920 e. The highest BCUT2D eigenvalue weighted by Gasteiger charge is 2.20. The van der Waals surface area contributed by atoms with Gasteiger partial charge in [0.15, 0.2) is 0 Å². The normalized spacial score (nSPS) is 12.7. The Bertz CT molecular complexity index is 539. The molecule has 0 aliphatic heterocycles. The minimum atomic E-state index is -0.302. The molecule has 0 saturated carbocycles. The lowest BCUT2D eigenvalue weighted by atomic mass is 10.1. The van der Waals surface area contributed by atoms with Gasteiger partial charge in [0, 0.05) is 17.2 Å². The second-order valence-electron chi connectivity index (χ2n) is 3.95. The Morgan fingerprint density at radius 1 is 1.39 bits per heavy atom. The molecule has 4 nitrogen and oxygen atoms in total. The Morgan fingerprint density at radius 2 is 2.17 bits per heavy atom. The minimum Gasteiger partial charge on any atom is -0.318 e. The van der Waals surface area contributed by atoms with Gasteiger partial charge in [-0.05, 0) is 50.4 Å². The summed E-state index contributed by atoms with van der Waals surface area (Å²) in [5.74, 6) is 0. The van der Waals surface area contributed by atoms with Crippen LogP contribution in [0.2, 0.25) is 0 Å². The smallest absolute Gasteiger partial charge is 0.0920 e. The van der Waals surface area contributed by atoms with Crippen LogP contribution in [0.4, 0.5) is 0 Å². The van der Waals surface area contributed by atoms with E-state index in [1.165, 1.54) is 0 Å². The van der Waals surface area contributed by atoms with E-state index in [4.69, 9.17) is 5.73 Å². The fourth-order valence-electron chi connectivity index (χ4n) is 1.83. The predicted molar refractivity (Wildman–Crippen MR) is 78.2 cm³/mol. The van der Waals surface area contributed by atoms with E-state index in [2.05, 4.69) is 48.9 Å². The van der Waals surface area contributed by atoms with Gasteiger partial charge >= 0.3 is 0 Å². The van der Waals surface area contributed by atoms with Gasteiger partial charge in [0.25, 0.3) is 0 Å². The molecule has 2 aromatic rings. The second-order valence-corrected chi connectivity index (χ2v) is 5.66. The molecule has 0 amide bonds. The molecule has 0 radical (unpaired) electrons. The molecule has 0 aliphatic rings. The standard InChI is InChI=1S/C12H14Br2N4/c1-2-6-18-12(9(14)7-17-18)10(15)11-8(13)4-3-5-16-11/h3-5,7,10H,2,6,15H2,1H3. The second kappa shape index (κ2) is 5.95. The highest BCUT2D eigenvalue weighted by atomic mass is 79.9. The molecule has 0 aromatic carbocycles. The number of aromatic nitrogens is 3. The van der Waals surface area contributed by atoms with E-state index < -0.39 is 0 Å². The Morgan fingerprint density at radius 3 is 2.83 bits per heavy atom. The predicted octanol–water partition coefficient (Wildman–Crippen LogP) is 3.26. The highest BCUT2D eigenvalue weighted by molar-refractivity contribution is 9.10. The van der Waals surface area contributed by atoms with Crippen LogP contribution in [-0.4, -0.2) is 14.8 Å². The number of halogens is 2. The third-order valence-corrected chi connectivity index (χ3v) is 3.93. The molecule has 18 heavy (non-hydrogen) atoms. The zero-order valence-corrected chi connectivity index (χ0v) is 13.1. The lowest BCUT2D eigenvalue weighted by Gasteiger charge is -2.15. The summed E-state index contributed by atoms with van der Waals surface area (Å²) in [7, 11) is 0. The van der Waals surface area contributed by atoms with Crippen LogP contribution in [0.25, 0.3) is 0 Å². The van der Waals surface area contributed by atoms with Crippen molar-refractivity contribution >= 4 is 31.9 Å². The summed E-state index contributed by atoms with van der Waals surface area (Å²) in [6.07, 6.45) is 4.54. The number of nitrogens with two attached hydrogens (primary N) is 1. The van der Waals surface area contributed by atoms with E-state index in [0.29, 0.717) is 0 Å². The largest absolute Gasteiger partial charge is 0.318 e. The van der Waals surface area contributed by atoms with Crippen molar-refractivity contribution in [2.45, 2.75) is 25.9 Å². The van der Waals surface area contributed by atoms with Gasteiger partial charge in [0.2, 0.25) is 0 Å². The van der Waals surface area contributed by atoms with Crippen LogP contribution in [0.3, 0.4) is 0 Å². The van der Waals surface area contributed by atoms with Gasteiger partial charge in [-0.25, -0.2) is 0 Å². The van der Waals surface area contributed by atoms with Crippen LogP contribution in [-0.2, 0) is 6.54 Å². The summed E-state index contributed by atoms with van der Waals surface area (Å²) in [6.45, 7) is 2.96. The summed E-state index contributed by atoms with van der Waals surface area (Å²) >= 11 is 6.99. The minimum absolute atomic E-state index is 0.302. The summed E-state index contributed by atoms with van der Waals surface area (Å²) in [5, 5.41) is 4.33. The van der Waals surface area contributed by atoms with Crippen molar-refractivity contribution in [2.75, 3.05) is 0 Å². The maximum absolute atomic E-state index is 6.31. The molecule has 1 unspecified atom stereocenters. The maximum atomic E-state index is 6.31. The number of pyridine rings is 1. The fraction of sp³-hybridized carbons (Fsp3) is 0.333. The Kier molecular flexibility index (Phi) is 4.53. The fourth-order valence-corrected chi connectivity index (χ4v) is 2.87. The number of nitrogens with zero attached hydrogens (tertiary/aromatic N) is 3. The van der Waals surface area contributed by atoms with Crippen LogP contribution in [0.5, 0.6) is 0 Å². The van der Waals surface area contributed by atoms with Crippen LogP contribution >= 0.6 is 31.9 Å². The first-order valence-electron chi connectivity index (χ1n) is 5.72. The number of rotatable bonds is 4. The number of aryl methyl sites for hydroxylation is 1. The monoisotopic (exact) mass is 372 g/mol. The molecule has 0 fully saturated rings. The first kappa shape index (κ1) is 13.7. The van der Waals surface area contributed by atoms with Crippen LogP contribution in [0.1, 0.15) is 30.8 Å². The van der Waals surface area contributed by atoms with Crippen molar-refractivity contribution in [3.05, 3.63) is 44.9 Å². The van der Waals surface area contributed by atoms with Crippen molar-refractivity contribution in [3.63, 3.8) is 0 Å². The van der Waals surface area contributed by atoms with E-state index in [1.807, 2.05) is 16.8 Å². The first-order valence-corrected chi connectivity index (χ1v) is 7.31. The van der Waals surface area contributed by atoms with Crippen molar-refractivity contribution in [1.29, 1.82) is 0 Å². The van der Waals surface area contributed by atoms with Gasteiger partial charge in [0.05, 0.1) is 28.1 Å². The molecule has 96 valence electrons. The van der Waals surface area contributed by atoms with Crippen molar-refractivity contribution in [3.8, 4) is 0 Å². The Balaban J connectivity index is 2.42. The molecule has 2 rings (SSSR count). The third kappa shape index (κ3) is 2.65. The molecule has 0 spiro atoms. The van der Waals surface area contributed by atoms with Gasteiger partial charge in [-0.2, -0.15) is 5.10 Å². The van der Waals surface area contributed by atoms with Crippen molar-refractivity contribution < 1.29 is 0 Å². The van der Waals surface area contributed by atoms with E-state index in [1.54, 1.807) is 12.4 Å². The Hall–Kier alpha value is -0.720. The quantitative estimate of drug-likeness (QED) is 0.894. The van der Waals surface area contributed by atoms with Gasteiger partial charge in [-0.1, -0.05) is 6.92 Å². The SMILES string of the molecule is CCCn1ncc(Br)c1C(N)c1ncccc1Br. The summed E-state index contributed by atoms with van der Waals surface area (Å²) in [4.78, 5) is 4.34. The molecular weight excluding hydrogens is 360 g/mol. The number of hydrogen-bond acceptors (Lipinski definition) is 3. The third-order valence-electron chi connectivity index (χ3n) is 2.64. The van der Waals surface area contributed by atoms with E-state index in [-0.39, 0.29) is 6.04 Å². The molecule has 0 saturated heterocycles. The van der Waals surface area contributed by atoms with Gasteiger partial charge in [0.1, 0.15) is 0 Å². The molecule has 2 heterocycles. The van der Waals surface area contributed by atoms with Crippen molar-refractivity contribution in [2.24, 2.45) is 5.73 Å². The van der Waals surface area contributed by atoms with Crippen molar-refractivity contribution in [1.82, 2.24) is 14.8 Å². The average molecular weight is 374 g/mol. The lowest BCUT2D eigenvalue weighted by Crippen LogP contribution is -2.19. The van der Waals surface area contributed by atoms with Crippen LogP contribution < -0.4 is 5.73 Å². The summed E-state index contributed by atoms with van der Waals surface area (Å²) in [6, 6.07) is 3.51. The van der Waals surface area contributed by atoms with Crippen LogP contribution in [0, 0.1) is 0 Å². The van der Waals surface area contributed by atoms with Gasteiger partial charge in [-0.15, -0.1) is 0 Å². The average Bonchev–Trinajstić information content (AvgIpc) is 2.71. The summed E-state index contributed by atoms with van der Waals surface area (Å²) in [5.41, 5.74) is 8.08. The topological polar surface area (TPSA) is 56.7 Å². The van der Waals surface area contributed by atoms with Gasteiger partial charge in [-0.3, -0.25) is 9.67 Å².